The molecule has 1 aliphatic heterocycles. The van der Waals surface area contributed by atoms with Crippen molar-refractivity contribution in [3.63, 3.8) is 0 Å². The van der Waals surface area contributed by atoms with Crippen molar-refractivity contribution >= 4 is 11.8 Å². The monoisotopic (exact) mass is 226 g/mol. The molecule has 88 valence electrons. The average molecular weight is 226 g/mol. The van der Waals surface area contributed by atoms with Crippen molar-refractivity contribution in [3.05, 3.63) is 24.5 Å². The fourth-order valence-electron chi connectivity index (χ4n) is 1.20. The van der Waals surface area contributed by atoms with Gasteiger partial charge in [-0.25, -0.2) is 4.79 Å². The Hall–Kier alpha value is -1.98. The van der Waals surface area contributed by atoms with E-state index in [2.05, 4.69) is 11.7 Å². The van der Waals surface area contributed by atoms with Crippen LogP contribution in [0, 0.1) is 0 Å². The first-order valence-electron chi connectivity index (χ1n) is 4.69. The summed E-state index contributed by atoms with van der Waals surface area (Å²) in [6.45, 7) is 4.19. The van der Waals surface area contributed by atoms with Crippen LogP contribution in [0.1, 0.15) is 0 Å². The van der Waals surface area contributed by atoms with E-state index in [1.807, 2.05) is 0 Å². The average Bonchev–Trinajstić information content (AvgIpc) is 2.29. The molecule has 0 atom stereocenters. The largest absolute Gasteiger partial charge is 0.499 e. The Balaban J connectivity index is 2.72. The molecule has 16 heavy (non-hydrogen) atoms. The molecule has 6 heteroatoms. The van der Waals surface area contributed by atoms with Crippen LogP contribution < -0.4 is 0 Å². The van der Waals surface area contributed by atoms with Crippen LogP contribution in [0.3, 0.4) is 0 Å². The van der Waals surface area contributed by atoms with E-state index in [1.54, 1.807) is 12.2 Å². The molecule has 0 fully saturated rings. The topological polar surface area (TPSA) is 71.4 Å². The molecule has 0 aliphatic carbocycles. The van der Waals surface area contributed by atoms with Gasteiger partial charge in [-0.3, -0.25) is 4.90 Å². The van der Waals surface area contributed by atoms with E-state index >= 15 is 0 Å². The summed E-state index contributed by atoms with van der Waals surface area (Å²) in [4.78, 5) is 16.9. The van der Waals surface area contributed by atoms with E-state index in [-0.39, 0.29) is 19.7 Å². The second kappa shape index (κ2) is 5.79. The third-order valence-corrected chi connectivity index (χ3v) is 1.93. The Morgan fingerprint density at radius 3 is 3.06 bits per heavy atom. The van der Waals surface area contributed by atoms with Crippen molar-refractivity contribution < 1.29 is 19.5 Å². The molecule has 0 spiro atoms. The third kappa shape index (κ3) is 3.30. The zero-order valence-corrected chi connectivity index (χ0v) is 9.05. The van der Waals surface area contributed by atoms with Gasteiger partial charge in [0.15, 0.2) is 0 Å². The van der Waals surface area contributed by atoms with Crippen LogP contribution in [-0.2, 0) is 9.57 Å². The minimum absolute atomic E-state index is 0.194. The summed E-state index contributed by atoms with van der Waals surface area (Å²) in [6.07, 6.45) is 2.21. The predicted molar refractivity (Wildman–Crippen MR) is 58.3 cm³/mol. The molecule has 0 aromatic heterocycles. The number of methoxy groups -OCH3 is 1. The van der Waals surface area contributed by atoms with E-state index in [9.17, 15) is 4.79 Å². The van der Waals surface area contributed by atoms with Gasteiger partial charge in [0, 0.05) is 6.08 Å². The molecule has 0 aromatic carbocycles. The van der Waals surface area contributed by atoms with E-state index in [0.717, 1.165) is 0 Å². The second-order valence-corrected chi connectivity index (χ2v) is 3.12. The fraction of sp³-hybridized carbons (Fsp3) is 0.400. The molecular formula is C10H14N2O4. The maximum absolute atomic E-state index is 10.8. The SMILES string of the molecule is C=CCON=C1C=C(OC)CN(C(=O)O)C1. The fourth-order valence-corrected chi connectivity index (χ4v) is 1.20. The first-order chi connectivity index (χ1) is 7.67. The molecule has 0 unspecified atom stereocenters. The lowest BCUT2D eigenvalue weighted by Crippen LogP contribution is -2.39. The number of nitrogens with zero attached hydrogens (tertiary/aromatic N) is 2. The van der Waals surface area contributed by atoms with Crippen molar-refractivity contribution in [2.45, 2.75) is 0 Å². The van der Waals surface area contributed by atoms with Crippen molar-refractivity contribution in [1.82, 2.24) is 4.90 Å². The highest BCUT2D eigenvalue weighted by Gasteiger charge is 2.21. The molecule has 1 N–H and O–H groups in total. The molecule has 0 saturated carbocycles. The number of rotatable bonds is 4. The van der Waals surface area contributed by atoms with Gasteiger partial charge < -0.3 is 14.7 Å². The summed E-state index contributed by atoms with van der Waals surface area (Å²) in [5.41, 5.74) is 0.507. The van der Waals surface area contributed by atoms with Crippen molar-refractivity contribution in [2.75, 3.05) is 26.8 Å². The highest BCUT2D eigenvalue weighted by atomic mass is 16.6. The lowest BCUT2D eigenvalue weighted by Gasteiger charge is -2.24. The predicted octanol–water partition coefficient (Wildman–Crippen LogP) is 1.07. The van der Waals surface area contributed by atoms with Crippen LogP contribution >= 0.6 is 0 Å². The normalized spacial score (nSPS) is 17.9. The zero-order chi connectivity index (χ0) is 12.0. The Labute approximate surface area is 93.4 Å². The smallest absolute Gasteiger partial charge is 0.408 e. The first kappa shape index (κ1) is 12.1. The molecule has 0 radical (unpaired) electrons. The molecular weight excluding hydrogens is 212 g/mol. The number of carbonyl (C=O) groups is 1. The lowest BCUT2D eigenvalue weighted by molar-refractivity contribution is 0.141. The molecule has 1 rings (SSSR count). The standard InChI is InChI=1S/C10H14N2O4/c1-3-4-16-11-8-5-9(15-2)7-12(6-8)10(13)14/h3,5H,1,4,6-7H2,2H3,(H,13,14). The van der Waals surface area contributed by atoms with Gasteiger partial charge in [0.1, 0.15) is 18.1 Å². The quantitative estimate of drug-likeness (QED) is 0.442. The molecule has 0 saturated heterocycles. The lowest BCUT2D eigenvalue weighted by atomic mass is 10.2. The Morgan fingerprint density at radius 1 is 1.75 bits per heavy atom. The summed E-state index contributed by atoms with van der Waals surface area (Å²) < 4.78 is 5.01. The summed E-state index contributed by atoms with van der Waals surface area (Å²) in [5.74, 6) is 0.537. The van der Waals surface area contributed by atoms with Crippen LogP contribution in [-0.4, -0.2) is 48.6 Å². The van der Waals surface area contributed by atoms with Crippen molar-refractivity contribution in [3.8, 4) is 0 Å². The number of ether oxygens (including phenoxy) is 1. The number of hydrogen-bond acceptors (Lipinski definition) is 4. The molecule has 0 bridgehead atoms. The Bertz CT molecular complexity index is 336. The van der Waals surface area contributed by atoms with Crippen LogP contribution in [0.25, 0.3) is 0 Å². The second-order valence-electron chi connectivity index (χ2n) is 3.12. The zero-order valence-electron chi connectivity index (χ0n) is 9.05. The molecule has 1 heterocycles. The van der Waals surface area contributed by atoms with Gasteiger partial charge in [0.05, 0.1) is 20.2 Å². The number of oxime groups is 1. The van der Waals surface area contributed by atoms with Gasteiger partial charge in [0.2, 0.25) is 0 Å². The van der Waals surface area contributed by atoms with Gasteiger partial charge in [-0.15, -0.1) is 0 Å². The minimum atomic E-state index is -1.01. The summed E-state index contributed by atoms with van der Waals surface area (Å²) in [7, 11) is 1.49. The van der Waals surface area contributed by atoms with E-state index < -0.39 is 6.09 Å². The Morgan fingerprint density at radius 2 is 2.50 bits per heavy atom. The van der Waals surface area contributed by atoms with Crippen molar-refractivity contribution in [1.29, 1.82) is 0 Å². The van der Waals surface area contributed by atoms with Crippen LogP contribution in [0.2, 0.25) is 0 Å². The molecule has 6 nitrogen and oxygen atoms in total. The van der Waals surface area contributed by atoms with Gasteiger partial charge in [-0.05, 0) is 0 Å². The Kier molecular flexibility index (Phi) is 4.38. The summed E-state index contributed by atoms with van der Waals surface area (Å²) in [5, 5.41) is 12.7. The van der Waals surface area contributed by atoms with Crippen LogP contribution in [0.4, 0.5) is 4.79 Å². The molecule has 1 aliphatic rings. The van der Waals surface area contributed by atoms with Crippen LogP contribution in [0.5, 0.6) is 0 Å². The number of amides is 1. The van der Waals surface area contributed by atoms with E-state index in [1.165, 1.54) is 12.0 Å². The number of hydrogen-bond donors (Lipinski definition) is 1. The maximum Gasteiger partial charge on any atom is 0.408 e. The highest BCUT2D eigenvalue weighted by Crippen LogP contribution is 2.09. The van der Waals surface area contributed by atoms with Crippen molar-refractivity contribution in [2.24, 2.45) is 5.16 Å². The minimum Gasteiger partial charge on any atom is -0.499 e. The van der Waals surface area contributed by atoms with Gasteiger partial charge in [0.25, 0.3) is 0 Å². The molecule has 1 amide bonds. The highest BCUT2D eigenvalue weighted by molar-refractivity contribution is 5.99. The molecule has 0 aromatic rings. The van der Waals surface area contributed by atoms with E-state index in [4.69, 9.17) is 14.7 Å². The van der Waals surface area contributed by atoms with Gasteiger partial charge in [-0.2, -0.15) is 0 Å². The van der Waals surface area contributed by atoms with E-state index in [0.29, 0.717) is 11.5 Å². The third-order valence-electron chi connectivity index (χ3n) is 1.93. The van der Waals surface area contributed by atoms with Gasteiger partial charge >= 0.3 is 6.09 Å². The van der Waals surface area contributed by atoms with Gasteiger partial charge in [-0.1, -0.05) is 17.8 Å². The van der Waals surface area contributed by atoms with Crippen LogP contribution in [0.15, 0.2) is 29.6 Å². The summed E-state index contributed by atoms with van der Waals surface area (Å²) in [6, 6.07) is 0. The maximum atomic E-state index is 10.8. The first-order valence-corrected chi connectivity index (χ1v) is 4.69. The summed E-state index contributed by atoms with van der Waals surface area (Å²) >= 11 is 0. The number of carboxylic acid groups (broad SMARTS) is 1.